The van der Waals surface area contributed by atoms with Gasteiger partial charge in [0.15, 0.2) is 0 Å². The van der Waals surface area contributed by atoms with Crippen molar-refractivity contribution >= 4 is 5.91 Å². The minimum Gasteiger partial charge on any atom is -0.380 e. The molecule has 0 atom stereocenters. The van der Waals surface area contributed by atoms with E-state index in [1.54, 1.807) is 7.11 Å². The van der Waals surface area contributed by atoms with Crippen molar-refractivity contribution in [3.05, 3.63) is 70.3 Å². The van der Waals surface area contributed by atoms with Crippen LogP contribution in [0, 0.1) is 0 Å². The van der Waals surface area contributed by atoms with Crippen LogP contribution >= 0.6 is 0 Å². The number of nitrogens with one attached hydrogen (secondary N) is 1. The zero-order valence-electron chi connectivity index (χ0n) is 13.6. The molecule has 1 aliphatic carbocycles. The highest BCUT2D eigenvalue weighted by Gasteiger charge is 2.12. The van der Waals surface area contributed by atoms with Gasteiger partial charge < -0.3 is 10.1 Å². The lowest BCUT2D eigenvalue weighted by molar-refractivity contribution is 0.0950. The van der Waals surface area contributed by atoms with Crippen LogP contribution in [0.3, 0.4) is 0 Å². The molecule has 2 aromatic carbocycles. The van der Waals surface area contributed by atoms with E-state index >= 15 is 0 Å². The number of carbonyl (C=O) groups excluding carboxylic acids is 1. The number of fused-ring (bicyclic) bond motifs is 1. The SMILES string of the molecule is COCc1cccc(CNC(=O)c2ccc3c(c2)CCCC3)c1. The Morgan fingerprint density at radius 2 is 1.83 bits per heavy atom. The molecule has 0 saturated carbocycles. The molecule has 0 spiro atoms. The average molecular weight is 309 g/mol. The number of carbonyl (C=O) groups is 1. The van der Waals surface area contributed by atoms with Gasteiger partial charge in [-0.2, -0.15) is 0 Å². The molecule has 0 saturated heterocycles. The van der Waals surface area contributed by atoms with E-state index in [0.29, 0.717) is 13.2 Å². The second kappa shape index (κ2) is 7.42. The fraction of sp³-hybridized carbons (Fsp3) is 0.350. The quantitative estimate of drug-likeness (QED) is 0.915. The Morgan fingerprint density at radius 1 is 1.04 bits per heavy atom. The monoisotopic (exact) mass is 309 g/mol. The van der Waals surface area contributed by atoms with Gasteiger partial charge in [0.1, 0.15) is 0 Å². The molecule has 0 heterocycles. The van der Waals surface area contributed by atoms with E-state index in [-0.39, 0.29) is 5.91 Å². The van der Waals surface area contributed by atoms with Crippen LogP contribution in [0.1, 0.15) is 45.5 Å². The Bertz CT molecular complexity index is 694. The van der Waals surface area contributed by atoms with Crippen molar-refractivity contribution in [2.24, 2.45) is 0 Å². The summed E-state index contributed by atoms with van der Waals surface area (Å²) in [5.41, 5.74) is 5.71. The average Bonchev–Trinajstić information content (AvgIpc) is 2.60. The fourth-order valence-electron chi connectivity index (χ4n) is 3.16. The number of hydrogen-bond donors (Lipinski definition) is 1. The molecule has 2 aromatic rings. The zero-order chi connectivity index (χ0) is 16.1. The third-order valence-electron chi connectivity index (χ3n) is 4.37. The molecule has 3 rings (SSSR count). The van der Waals surface area contributed by atoms with Crippen molar-refractivity contribution in [1.82, 2.24) is 5.32 Å². The summed E-state index contributed by atoms with van der Waals surface area (Å²) in [5, 5.41) is 3.01. The maximum absolute atomic E-state index is 12.4. The van der Waals surface area contributed by atoms with Gasteiger partial charge in [-0.1, -0.05) is 30.3 Å². The maximum Gasteiger partial charge on any atom is 0.251 e. The summed E-state index contributed by atoms with van der Waals surface area (Å²) in [6.45, 7) is 1.13. The van der Waals surface area contributed by atoms with Crippen molar-refractivity contribution in [2.45, 2.75) is 38.8 Å². The summed E-state index contributed by atoms with van der Waals surface area (Å²) in [6, 6.07) is 14.2. The van der Waals surface area contributed by atoms with E-state index in [4.69, 9.17) is 4.74 Å². The van der Waals surface area contributed by atoms with E-state index in [2.05, 4.69) is 23.5 Å². The highest BCUT2D eigenvalue weighted by atomic mass is 16.5. The summed E-state index contributed by atoms with van der Waals surface area (Å²) in [5.74, 6) is -0.00415. The van der Waals surface area contributed by atoms with Gasteiger partial charge in [0.2, 0.25) is 0 Å². The van der Waals surface area contributed by atoms with Crippen LogP contribution in [0.4, 0.5) is 0 Å². The van der Waals surface area contributed by atoms with E-state index in [0.717, 1.165) is 29.5 Å². The Morgan fingerprint density at radius 3 is 2.65 bits per heavy atom. The molecule has 23 heavy (non-hydrogen) atoms. The molecule has 3 heteroatoms. The third-order valence-corrected chi connectivity index (χ3v) is 4.37. The maximum atomic E-state index is 12.4. The Labute approximate surface area is 137 Å². The largest absolute Gasteiger partial charge is 0.380 e. The molecule has 1 amide bonds. The van der Waals surface area contributed by atoms with Gasteiger partial charge >= 0.3 is 0 Å². The smallest absolute Gasteiger partial charge is 0.251 e. The zero-order valence-corrected chi connectivity index (χ0v) is 13.6. The molecule has 3 nitrogen and oxygen atoms in total. The van der Waals surface area contributed by atoms with Crippen LogP contribution in [-0.2, 0) is 30.7 Å². The van der Waals surface area contributed by atoms with E-state index in [9.17, 15) is 4.79 Å². The highest BCUT2D eigenvalue weighted by molar-refractivity contribution is 5.94. The van der Waals surface area contributed by atoms with Crippen LogP contribution in [0.2, 0.25) is 0 Å². The predicted molar refractivity (Wildman–Crippen MR) is 91.4 cm³/mol. The molecule has 0 fully saturated rings. The van der Waals surface area contributed by atoms with E-state index in [1.165, 1.54) is 24.0 Å². The van der Waals surface area contributed by atoms with Crippen LogP contribution in [0.5, 0.6) is 0 Å². The van der Waals surface area contributed by atoms with Crippen molar-refractivity contribution in [3.63, 3.8) is 0 Å². The molecule has 0 radical (unpaired) electrons. The fourth-order valence-corrected chi connectivity index (χ4v) is 3.16. The Balaban J connectivity index is 1.64. The number of aryl methyl sites for hydroxylation is 2. The van der Waals surface area contributed by atoms with Crippen LogP contribution < -0.4 is 5.32 Å². The van der Waals surface area contributed by atoms with Crippen molar-refractivity contribution in [1.29, 1.82) is 0 Å². The van der Waals surface area contributed by atoms with Crippen molar-refractivity contribution in [3.8, 4) is 0 Å². The lowest BCUT2D eigenvalue weighted by Gasteiger charge is -2.16. The standard InChI is InChI=1S/C20H23NO2/c1-23-14-16-6-4-5-15(11-16)13-21-20(22)19-10-9-17-7-2-3-8-18(17)12-19/h4-6,9-12H,2-3,7-8,13-14H2,1H3,(H,21,22). The third kappa shape index (κ3) is 3.99. The topological polar surface area (TPSA) is 38.3 Å². The lowest BCUT2D eigenvalue weighted by atomic mass is 9.90. The minimum absolute atomic E-state index is 0.00415. The summed E-state index contributed by atoms with van der Waals surface area (Å²) in [6.07, 6.45) is 4.72. The first kappa shape index (κ1) is 15.8. The van der Waals surface area contributed by atoms with E-state index in [1.807, 2.05) is 24.3 Å². The predicted octanol–water partition coefficient (Wildman–Crippen LogP) is 3.64. The molecule has 120 valence electrons. The molecular weight excluding hydrogens is 286 g/mol. The van der Waals surface area contributed by atoms with Crippen LogP contribution in [0.25, 0.3) is 0 Å². The van der Waals surface area contributed by atoms with Gasteiger partial charge in [-0.05, 0) is 60.1 Å². The molecule has 1 N–H and O–H groups in total. The van der Waals surface area contributed by atoms with Gasteiger partial charge in [-0.3, -0.25) is 4.79 Å². The molecular formula is C20H23NO2. The summed E-state index contributed by atoms with van der Waals surface area (Å²) in [7, 11) is 1.69. The first-order chi connectivity index (χ1) is 11.3. The number of methoxy groups -OCH3 is 1. The van der Waals surface area contributed by atoms with Crippen LogP contribution in [0.15, 0.2) is 42.5 Å². The Kier molecular flexibility index (Phi) is 5.09. The van der Waals surface area contributed by atoms with Gasteiger partial charge in [-0.15, -0.1) is 0 Å². The first-order valence-corrected chi connectivity index (χ1v) is 8.23. The Hall–Kier alpha value is -2.13. The molecule has 0 aliphatic heterocycles. The minimum atomic E-state index is -0.00415. The molecule has 0 unspecified atom stereocenters. The lowest BCUT2D eigenvalue weighted by Crippen LogP contribution is -2.23. The normalized spacial score (nSPS) is 13.4. The summed E-state index contributed by atoms with van der Waals surface area (Å²) in [4.78, 5) is 12.4. The molecule has 1 aliphatic rings. The first-order valence-electron chi connectivity index (χ1n) is 8.23. The number of benzene rings is 2. The molecule has 0 bridgehead atoms. The summed E-state index contributed by atoms with van der Waals surface area (Å²) < 4.78 is 5.14. The summed E-state index contributed by atoms with van der Waals surface area (Å²) >= 11 is 0. The van der Waals surface area contributed by atoms with Crippen molar-refractivity contribution in [2.75, 3.05) is 7.11 Å². The highest BCUT2D eigenvalue weighted by Crippen LogP contribution is 2.22. The number of ether oxygens (including phenoxy) is 1. The van der Waals surface area contributed by atoms with Gasteiger partial charge in [0.25, 0.3) is 5.91 Å². The number of hydrogen-bond acceptors (Lipinski definition) is 2. The van der Waals surface area contributed by atoms with Gasteiger partial charge in [0, 0.05) is 19.2 Å². The second-order valence-electron chi connectivity index (χ2n) is 6.13. The number of amides is 1. The number of rotatable bonds is 5. The molecule has 0 aromatic heterocycles. The van der Waals surface area contributed by atoms with Crippen molar-refractivity contribution < 1.29 is 9.53 Å². The van der Waals surface area contributed by atoms with Crippen LogP contribution in [-0.4, -0.2) is 13.0 Å². The van der Waals surface area contributed by atoms with E-state index < -0.39 is 0 Å². The second-order valence-corrected chi connectivity index (χ2v) is 6.13. The van der Waals surface area contributed by atoms with Gasteiger partial charge in [0.05, 0.1) is 6.61 Å². The van der Waals surface area contributed by atoms with Gasteiger partial charge in [-0.25, -0.2) is 0 Å².